The molecule has 0 fully saturated rings. The van der Waals surface area contributed by atoms with E-state index in [-0.39, 0.29) is 5.75 Å². The van der Waals surface area contributed by atoms with Gasteiger partial charge in [-0.3, -0.25) is 0 Å². The van der Waals surface area contributed by atoms with E-state index in [4.69, 9.17) is 11.6 Å². The van der Waals surface area contributed by atoms with Crippen LogP contribution in [0.3, 0.4) is 0 Å². The van der Waals surface area contributed by atoms with E-state index in [0.29, 0.717) is 29.1 Å². The van der Waals surface area contributed by atoms with Gasteiger partial charge in [0.05, 0.1) is 18.4 Å². The van der Waals surface area contributed by atoms with E-state index < -0.39 is 16.0 Å². The third-order valence-electron chi connectivity index (χ3n) is 3.38. The van der Waals surface area contributed by atoms with E-state index in [9.17, 15) is 13.2 Å². The highest BCUT2D eigenvalue weighted by molar-refractivity contribution is 7.88. The molecule has 0 unspecified atom stereocenters. The van der Waals surface area contributed by atoms with Crippen molar-refractivity contribution in [3.05, 3.63) is 70.2 Å². The molecule has 0 saturated carbocycles. The van der Waals surface area contributed by atoms with Crippen molar-refractivity contribution in [2.45, 2.75) is 12.2 Å². The summed E-state index contributed by atoms with van der Waals surface area (Å²) in [7, 11) is -2.15. The summed E-state index contributed by atoms with van der Waals surface area (Å²) in [5, 5.41) is 0.648. The number of nitrogens with one attached hydrogen (secondary N) is 1. The van der Waals surface area contributed by atoms with Gasteiger partial charge in [-0.2, -0.15) is 0 Å². The van der Waals surface area contributed by atoms with Crippen molar-refractivity contribution in [3.8, 4) is 0 Å². The number of sulfonamides is 1. The van der Waals surface area contributed by atoms with Crippen molar-refractivity contribution in [1.82, 2.24) is 4.72 Å². The number of hydrogen-bond acceptors (Lipinski definition) is 4. The summed E-state index contributed by atoms with van der Waals surface area (Å²) < 4.78 is 31.4. The van der Waals surface area contributed by atoms with E-state index >= 15 is 0 Å². The Morgan fingerprint density at radius 1 is 1.04 bits per heavy atom. The lowest BCUT2D eigenvalue weighted by atomic mass is 10.1. The summed E-state index contributed by atoms with van der Waals surface area (Å²) in [6, 6.07) is 13.6. The maximum Gasteiger partial charge on any atom is 0.337 e. The molecule has 0 saturated heterocycles. The Labute approximate surface area is 146 Å². The van der Waals surface area contributed by atoms with Crippen molar-refractivity contribution in [2.75, 3.05) is 13.7 Å². The molecule has 0 spiro atoms. The van der Waals surface area contributed by atoms with E-state index in [1.54, 1.807) is 36.4 Å². The summed E-state index contributed by atoms with van der Waals surface area (Å²) >= 11 is 5.81. The van der Waals surface area contributed by atoms with Crippen LogP contribution >= 0.6 is 11.6 Å². The van der Waals surface area contributed by atoms with E-state index in [1.807, 2.05) is 12.1 Å². The highest BCUT2D eigenvalue weighted by atomic mass is 35.5. The molecule has 0 aliphatic heterocycles. The van der Waals surface area contributed by atoms with Gasteiger partial charge in [-0.05, 0) is 41.8 Å². The first kappa shape index (κ1) is 18.4. The zero-order chi connectivity index (χ0) is 17.6. The van der Waals surface area contributed by atoms with Crippen molar-refractivity contribution >= 4 is 27.6 Å². The Kier molecular flexibility index (Phi) is 6.36. The quantitative estimate of drug-likeness (QED) is 0.764. The summed E-state index contributed by atoms with van der Waals surface area (Å²) in [4.78, 5) is 11.3. The van der Waals surface area contributed by atoms with Crippen molar-refractivity contribution in [1.29, 1.82) is 0 Å². The van der Waals surface area contributed by atoms with Gasteiger partial charge in [0.25, 0.3) is 0 Å². The standard InChI is InChI=1S/C17H18ClNO4S/c1-23-17(20)15-6-2-14(3-7-15)12-24(21,22)19-11-10-13-4-8-16(18)9-5-13/h2-9,19H,10-12H2,1H3. The first-order valence-electron chi connectivity index (χ1n) is 7.29. The number of carbonyl (C=O) groups excluding carboxylic acids is 1. The lowest BCUT2D eigenvalue weighted by molar-refractivity contribution is 0.0600. The van der Waals surface area contributed by atoms with Gasteiger partial charge in [0.1, 0.15) is 0 Å². The second kappa shape index (κ2) is 8.28. The SMILES string of the molecule is COC(=O)c1ccc(CS(=O)(=O)NCCc2ccc(Cl)cc2)cc1. The average Bonchev–Trinajstić information content (AvgIpc) is 2.56. The Morgan fingerprint density at radius 2 is 1.62 bits per heavy atom. The van der Waals surface area contributed by atoms with Crippen LogP contribution in [0, 0.1) is 0 Å². The van der Waals surface area contributed by atoms with Gasteiger partial charge in [0.2, 0.25) is 10.0 Å². The minimum atomic E-state index is -3.44. The molecule has 0 radical (unpaired) electrons. The van der Waals surface area contributed by atoms with Crippen LogP contribution in [0.1, 0.15) is 21.5 Å². The van der Waals surface area contributed by atoms with Crippen LogP contribution in [0.25, 0.3) is 0 Å². The largest absolute Gasteiger partial charge is 0.465 e. The number of esters is 1. The highest BCUT2D eigenvalue weighted by Gasteiger charge is 2.12. The summed E-state index contributed by atoms with van der Waals surface area (Å²) in [5.74, 6) is -0.597. The topological polar surface area (TPSA) is 72.5 Å². The molecule has 5 nitrogen and oxygen atoms in total. The first-order chi connectivity index (χ1) is 11.4. The van der Waals surface area contributed by atoms with E-state index in [1.165, 1.54) is 7.11 Å². The number of halogens is 1. The first-order valence-corrected chi connectivity index (χ1v) is 9.32. The highest BCUT2D eigenvalue weighted by Crippen LogP contribution is 2.11. The molecule has 128 valence electrons. The number of hydrogen-bond donors (Lipinski definition) is 1. The fraction of sp³-hybridized carbons (Fsp3) is 0.235. The second-order valence-corrected chi connectivity index (χ2v) is 7.46. The fourth-order valence-corrected chi connectivity index (χ4v) is 3.40. The average molecular weight is 368 g/mol. The maximum atomic E-state index is 12.1. The number of rotatable bonds is 7. The van der Waals surface area contributed by atoms with Crippen LogP contribution in [-0.2, 0) is 26.9 Å². The predicted molar refractivity (Wildman–Crippen MR) is 93.6 cm³/mol. The normalized spacial score (nSPS) is 11.2. The van der Waals surface area contributed by atoms with Crippen LogP contribution in [0.4, 0.5) is 0 Å². The summed E-state index contributed by atoms with van der Waals surface area (Å²) in [6.07, 6.45) is 0.581. The molecule has 2 rings (SSSR count). The number of ether oxygens (including phenoxy) is 1. The molecular weight excluding hydrogens is 350 g/mol. The lowest BCUT2D eigenvalue weighted by Gasteiger charge is -2.08. The number of benzene rings is 2. The van der Waals surface area contributed by atoms with E-state index in [0.717, 1.165) is 5.56 Å². The third kappa shape index (κ3) is 5.63. The summed E-state index contributed by atoms with van der Waals surface area (Å²) in [5.41, 5.74) is 1.99. The zero-order valence-electron chi connectivity index (χ0n) is 13.2. The molecule has 0 atom stereocenters. The Balaban J connectivity index is 1.88. The smallest absolute Gasteiger partial charge is 0.337 e. The molecule has 0 amide bonds. The molecule has 0 bridgehead atoms. The molecule has 24 heavy (non-hydrogen) atoms. The van der Waals surface area contributed by atoms with Gasteiger partial charge < -0.3 is 4.74 Å². The van der Waals surface area contributed by atoms with Crippen molar-refractivity contribution in [3.63, 3.8) is 0 Å². The fourth-order valence-electron chi connectivity index (χ4n) is 2.13. The van der Waals surface area contributed by atoms with Gasteiger partial charge in [-0.25, -0.2) is 17.9 Å². The molecule has 0 aliphatic carbocycles. The van der Waals surface area contributed by atoms with Crippen LogP contribution < -0.4 is 4.72 Å². The van der Waals surface area contributed by atoms with Crippen LogP contribution in [0.5, 0.6) is 0 Å². The molecular formula is C17H18ClNO4S. The Hall–Kier alpha value is -1.89. The van der Waals surface area contributed by atoms with Gasteiger partial charge in [-0.15, -0.1) is 0 Å². The number of carbonyl (C=O) groups is 1. The molecule has 0 heterocycles. The lowest BCUT2D eigenvalue weighted by Crippen LogP contribution is -2.27. The molecule has 0 aromatic heterocycles. The van der Waals surface area contributed by atoms with Gasteiger partial charge in [-0.1, -0.05) is 35.9 Å². The molecule has 7 heteroatoms. The number of methoxy groups -OCH3 is 1. The third-order valence-corrected chi connectivity index (χ3v) is 4.99. The van der Waals surface area contributed by atoms with Gasteiger partial charge in [0, 0.05) is 11.6 Å². The predicted octanol–water partition coefficient (Wildman–Crippen LogP) is 2.79. The van der Waals surface area contributed by atoms with Gasteiger partial charge >= 0.3 is 5.97 Å². The van der Waals surface area contributed by atoms with E-state index in [2.05, 4.69) is 9.46 Å². The molecule has 2 aromatic rings. The zero-order valence-corrected chi connectivity index (χ0v) is 14.7. The molecule has 2 aromatic carbocycles. The van der Waals surface area contributed by atoms with Gasteiger partial charge in [0.15, 0.2) is 0 Å². The second-order valence-electron chi connectivity index (χ2n) is 5.22. The van der Waals surface area contributed by atoms with Crippen LogP contribution in [0.2, 0.25) is 5.02 Å². The summed E-state index contributed by atoms with van der Waals surface area (Å²) in [6.45, 7) is 0.310. The Morgan fingerprint density at radius 3 is 2.21 bits per heavy atom. The van der Waals surface area contributed by atoms with Crippen LogP contribution in [-0.4, -0.2) is 28.0 Å². The Bertz CT molecular complexity index is 786. The minimum absolute atomic E-state index is 0.144. The maximum absolute atomic E-state index is 12.1. The van der Waals surface area contributed by atoms with Crippen molar-refractivity contribution in [2.24, 2.45) is 0 Å². The van der Waals surface area contributed by atoms with Crippen LogP contribution in [0.15, 0.2) is 48.5 Å². The molecule has 0 aliphatic rings. The molecule has 1 N–H and O–H groups in total. The minimum Gasteiger partial charge on any atom is -0.465 e. The van der Waals surface area contributed by atoms with Crippen molar-refractivity contribution < 1.29 is 17.9 Å². The monoisotopic (exact) mass is 367 g/mol.